The summed E-state index contributed by atoms with van der Waals surface area (Å²) in [5, 5.41) is 11.3. The molecule has 0 saturated heterocycles. The van der Waals surface area contributed by atoms with E-state index in [1.165, 1.54) is 30.2 Å². The minimum Gasteiger partial charge on any atom is -0.469 e. The Labute approximate surface area is 138 Å². The zero-order valence-electron chi connectivity index (χ0n) is 13.0. The molecule has 0 spiro atoms. The number of hydrogen-bond donors (Lipinski definition) is 0. The van der Waals surface area contributed by atoms with Gasteiger partial charge in [-0.3, -0.25) is 19.7 Å². The highest BCUT2D eigenvalue weighted by atomic mass is 16.6. The van der Waals surface area contributed by atoms with Crippen molar-refractivity contribution in [1.29, 1.82) is 0 Å². The molecule has 2 aromatic carbocycles. The normalized spacial score (nSPS) is 10.0. The molecule has 0 fully saturated rings. The molecule has 0 radical (unpaired) electrons. The Bertz CT molecular complexity index is 746. The van der Waals surface area contributed by atoms with E-state index in [1.807, 2.05) is 6.07 Å². The Kier molecular flexibility index (Phi) is 5.62. The Morgan fingerprint density at radius 1 is 1.08 bits per heavy atom. The molecule has 0 aromatic heterocycles. The lowest BCUT2D eigenvalue weighted by Gasteiger charge is -2.22. The summed E-state index contributed by atoms with van der Waals surface area (Å²) in [7, 11) is 1.18. The number of ether oxygens (including phenoxy) is 1. The second-order valence-corrected chi connectivity index (χ2v) is 4.96. The van der Waals surface area contributed by atoms with E-state index in [0.29, 0.717) is 0 Å². The van der Waals surface area contributed by atoms with E-state index in [0.717, 1.165) is 5.56 Å². The highest BCUT2D eigenvalue weighted by Gasteiger charge is 2.25. The smallest absolute Gasteiger partial charge is 0.315 e. The number of esters is 1. The minimum atomic E-state index is -0.698. The van der Waals surface area contributed by atoms with Crippen LogP contribution in [0.1, 0.15) is 12.0 Å². The second kappa shape index (κ2) is 7.87. The van der Waals surface area contributed by atoms with Crippen molar-refractivity contribution in [2.24, 2.45) is 0 Å². The fraction of sp³-hybridized carbons (Fsp3) is 0.176. The molecule has 0 atom stereocenters. The molecule has 7 nitrogen and oxygen atoms in total. The lowest BCUT2D eigenvalue weighted by Crippen LogP contribution is -2.32. The Morgan fingerprint density at radius 2 is 1.71 bits per heavy atom. The first-order valence-corrected chi connectivity index (χ1v) is 7.17. The molecule has 124 valence electrons. The minimum absolute atomic E-state index is 0.113. The summed E-state index contributed by atoms with van der Waals surface area (Å²) in [5.74, 6) is -1.27. The van der Waals surface area contributed by atoms with Gasteiger partial charge in [0.1, 0.15) is 12.1 Å². The van der Waals surface area contributed by atoms with Gasteiger partial charge in [0.2, 0.25) is 5.91 Å². The van der Waals surface area contributed by atoms with E-state index in [2.05, 4.69) is 4.74 Å². The van der Waals surface area contributed by atoms with E-state index >= 15 is 0 Å². The largest absolute Gasteiger partial charge is 0.469 e. The highest BCUT2D eigenvalue weighted by Crippen LogP contribution is 2.29. The molecule has 1 amide bonds. The van der Waals surface area contributed by atoms with Gasteiger partial charge in [0, 0.05) is 6.07 Å². The van der Waals surface area contributed by atoms with Gasteiger partial charge < -0.3 is 9.64 Å². The van der Waals surface area contributed by atoms with Crippen molar-refractivity contribution in [1.82, 2.24) is 0 Å². The highest BCUT2D eigenvalue weighted by molar-refractivity contribution is 6.04. The van der Waals surface area contributed by atoms with E-state index in [1.54, 1.807) is 30.3 Å². The molecule has 2 aromatic rings. The first kappa shape index (κ1) is 17.1. The molecular weight excluding hydrogens is 312 g/mol. The third-order valence-corrected chi connectivity index (χ3v) is 3.38. The average molecular weight is 328 g/mol. The molecular formula is C17H16N2O5. The number of para-hydroxylation sites is 2. The molecule has 0 saturated carbocycles. The zero-order valence-corrected chi connectivity index (χ0v) is 13.0. The monoisotopic (exact) mass is 328 g/mol. The van der Waals surface area contributed by atoms with E-state index < -0.39 is 23.2 Å². The van der Waals surface area contributed by atoms with Crippen LogP contribution in [0.4, 0.5) is 11.4 Å². The van der Waals surface area contributed by atoms with Crippen LogP contribution in [0, 0.1) is 10.1 Å². The number of nitro benzene ring substituents is 1. The van der Waals surface area contributed by atoms with Crippen molar-refractivity contribution in [3.63, 3.8) is 0 Å². The van der Waals surface area contributed by atoms with Gasteiger partial charge in [-0.05, 0) is 11.6 Å². The van der Waals surface area contributed by atoms with Gasteiger partial charge in [0.05, 0.1) is 18.6 Å². The fourth-order valence-electron chi connectivity index (χ4n) is 2.21. The molecule has 0 aliphatic carbocycles. The predicted octanol–water partition coefficient (Wildman–Crippen LogP) is 2.69. The topological polar surface area (TPSA) is 89.8 Å². The summed E-state index contributed by atoms with van der Waals surface area (Å²) < 4.78 is 4.51. The van der Waals surface area contributed by atoms with Crippen molar-refractivity contribution in [2.75, 3.05) is 12.0 Å². The van der Waals surface area contributed by atoms with Crippen molar-refractivity contribution in [2.45, 2.75) is 13.0 Å². The number of carbonyl (C=O) groups excluding carboxylic acids is 2. The number of benzene rings is 2. The SMILES string of the molecule is COC(=O)CC(=O)N(Cc1ccccc1)c1ccccc1[N+](=O)[O-]. The van der Waals surface area contributed by atoms with Crippen LogP contribution in [-0.4, -0.2) is 23.9 Å². The quantitative estimate of drug-likeness (QED) is 0.352. The summed E-state index contributed by atoms with van der Waals surface area (Å²) in [5.41, 5.74) is 0.723. The summed E-state index contributed by atoms with van der Waals surface area (Å²) in [6, 6.07) is 15.0. The van der Waals surface area contributed by atoms with Crippen LogP contribution in [0.15, 0.2) is 54.6 Å². The standard InChI is InChI=1S/C17H16N2O5/c1-24-17(21)11-16(20)18(12-13-7-3-2-4-8-13)14-9-5-6-10-15(14)19(22)23/h2-10H,11-12H2,1H3. The van der Waals surface area contributed by atoms with Crippen molar-refractivity contribution in [3.05, 3.63) is 70.3 Å². The zero-order chi connectivity index (χ0) is 17.5. The van der Waals surface area contributed by atoms with Crippen LogP contribution in [0.2, 0.25) is 0 Å². The lowest BCUT2D eigenvalue weighted by molar-refractivity contribution is -0.384. The molecule has 0 heterocycles. The van der Waals surface area contributed by atoms with Crippen molar-refractivity contribution < 1.29 is 19.2 Å². The Morgan fingerprint density at radius 3 is 2.33 bits per heavy atom. The van der Waals surface area contributed by atoms with Gasteiger partial charge in [-0.1, -0.05) is 42.5 Å². The number of rotatable bonds is 6. The number of anilines is 1. The van der Waals surface area contributed by atoms with E-state index in [9.17, 15) is 19.7 Å². The maximum atomic E-state index is 12.5. The molecule has 0 aliphatic rings. The van der Waals surface area contributed by atoms with Crippen LogP contribution >= 0.6 is 0 Å². The summed E-state index contributed by atoms with van der Waals surface area (Å²) in [4.78, 5) is 35.8. The first-order chi connectivity index (χ1) is 11.5. The van der Waals surface area contributed by atoms with Crippen molar-refractivity contribution in [3.8, 4) is 0 Å². The summed E-state index contributed by atoms with van der Waals surface area (Å²) in [6.07, 6.45) is -0.491. The number of amides is 1. The fourth-order valence-corrected chi connectivity index (χ4v) is 2.21. The molecule has 0 bridgehead atoms. The molecule has 24 heavy (non-hydrogen) atoms. The van der Waals surface area contributed by atoms with Gasteiger partial charge in [-0.15, -0.1) is 0 Å². The molecule has 2 rings (SSSR count). The second-order valence-electron chi connectivity index (χ2n) is 4.96. The van der Waals surface area contributed by atoms with Crippen LogP contribution in [0.25, 0.3) is 0 Å². The van der Waals surface area contributed by atoms with Crippen LogP contribution < -0.4 is 4.90 Å². The molecule has 0 aliphatic heterocycles. The number of nitro groups is 1. The molecule has 0 N–H and O–H groups in total. The van der Waals surface area contributed by atoms with Crippen LogP contribution in [-0.2, 0) is 20.9 Å². The van der Waals surface area contributed by atoms with Crippen LogP contribution in [0.5, 0.6) is 0 Å². The van der Waals surface area contributed by atoms with Gasteiger partial charge in [-0.25, -0.2) is 0 Å². The number of carbonyl (C=O) groups is 2. The predicted molar refractivity (Wildman–Crippen MR) is 87.4 cm³/mol. The number of hydrogen-bond acceptors (Lipinski definition) is 5. The Hall–Kier alpha value is -3.22. The first-order valence-electron chi connectivity index (χ1n) is 7.17. The van der Waals surface area contributed by atoms with Crippen molar-refractivity contribution >= 4 is 23.3 Å². The van der Waals surface area contributed by atoms with Gasteiger partial charge in [-0.2, -0.15) is 0 Å². The third kappa shape index (κ3) is 4.16. The van der Waals surface area contributed by atoms with Gasteiger partial charge >= 0.3 is 5.97 Å². The number of methoxy groups -OCH3 is 1. The van der Waals surface area contributed by atoms with Crippen LogP contribution in [0.3, 0.4) is 0 Å². The van der Waals surface area contributed by atoms with E-state index in [-0.39, 0.29) is 17.9 Å². The van der Waals surface area contributed by atoms with Gasteiger partial charge in [0.15, 0.2) is 0 Å². The molecule has 0 unspecified atom stereocenters. The maximum Gasteiger partial charge on any atom is 0.315 e. The summed E-state index contributed by atoms with van der Waals surface area (Å²) >= 11 is 0. The summed E-state index contributed by atoms with van der Waals surface area (Å²) in [6.45, 7) is 0.113. The lowest BCUT2D eigenvalue weighted by atomic mass is 10.1. The number of nitrogens with zero attached hydrogens (tertiary/aromatic N) is 2. The Balaban J connectivity index is 2.41. The maximum absolute atomic E-state index is 12.5. The molecule has 7 heteroatoms. The van der Waals surface area contributed by atoms with Gasteiger partial charge in [0.25, 0.3) is 5.69 Å². The third-order valence-electron chi connectivity index (χ3n) is 3.38. The average Bonchev–Trinajstić information content (AvgIpc) is 2.60. The van der Waals surface area contributed by atoms with E-state index in [4.69, 9.17) is 0 Å².